The summed E-state index contributed by atoms with van der Waals surface area (Å²) in [6, 6.07) is 124. The van der Waals surface area contributed by atoms with Gasteiger partial charge in [-0.15, -0.1) is 0 Å². The van der Waals surface area contributed by atoms with Crippen LogP contribution >= 0.6 is 0 Å². The average Bonchev–Trinajstić information content (AvgIpc) is 1.43. The quantitative estimate of drug-likeness (QED) is 0.0954. The van der Waals surface area contributed by atoms with Gasteiger partial charge in [-0.2, -0.15) is 0 Å². The van der Waals surface area contributed by atoms with Gasteiger partial charge in [-0.1, -0.05) is 279 Å². The van der Waals surface area contributed by atoms with Crippen LogP contribution in [-0.2, 0) is 0 Å². The molecule has 0 N–H and O–H groups in total. The summed E-state index contributed by atoms with van der Waals surface area (Å²) in [6.45, 7) is 0. The molecule has 0 atom stereocenters. The lowest BCUT2D eigenvalue weighted by molar-refractivity contribution is 0.768. The minimum Gasteiger partial charge on any atom is -0.309 e. The van der Waals surface area contributed by atoms with E-state index in [1.165, 1.54) is 118 Å². The first kappa shape index (κ1) is 48.6. The van der Waals surface area contributed by atoms with Crippen molar-refractivity contribution in [3.8, 4) is 11.4 Å². The molecule has 3 aliphatic rings. The number of benzene rings is 13. The molecule has 0 spiro atoms. The highest BCUT2D eigenvalue weighted by Gasteiger charge is 2.46. The van der Waals surface area contributed by atoms with E-state index in [1.54, 1.807) is 0 Å². The number of hydrogen-bond acceptors (Lipinski definition) is 0. The van der Waals surface area contributed by atoms with Gasteiger partial charge in [0.25, 0.3) is 0 Å². The van der Waals surface area contributed by atoms with Crippen molar-refractivity contribution >= 4 is 101 Å². The monoisotopic (exact) mass is 1100 g/mol. The normalized spacial score (nSPS) is 14.4. The van der Waals surface area contributed by atoms with Gasteiger partial charge in [0, 0.05) is 44.8 Å². The Morgan fingerprint density at radius 1 is 0.202 bits per heavy atom. The molecule has 0 radical (unpaired) electrons. The van der Waals surface area contributed by atoms with Crippen LogP contribution in [0.4, 0.5) is 0 Å². The van der Waals surface area contributed by atoms with Gasteiger partial charge in [0.15, 0.2) is 16.1 Å². The molecule has 84 heavy (non-hydrogen) atoms. The predicted molar refractivity (Wildman–Crippen MR) is 357 cm³/mol. The maximum absolute atomic E-state index is 2.73. The molecule has 18 rings (SSSR count). The van der Waals surface area contributed by atoms with Gasteiger partial charge in [-0.3, -0.25) is 0 Å². The molecule has 4 heteroatoms. The Labute approximate surface area is 491 Å². The number of hydrogen-bond donors (Lipinski definition) is 0. The SMILES string of the molecule is c1ccc([Si](c2ccccc2)(c2ccccc2)c2ccc(-n3c4ccccc4c4c5c(ccc43)C3c4ccccc4C5c4c3ccc3c4c4ccccc4n3-c3ccc([Si](c4ccccc4)(c4ccccc4)c4ccccc4)cc3)cc2)cc1. The van der Waals surface area contributed by atoms with E-state index in [9.17, 15) is 0 Å². The van der Waals surface area contributed by atoms with Crippen LogP contribution in [0.5, 0.6) is 0 Å². The second-order valence-electron chi connectivity index (χ2n) is 22.9. The highest BCUT2D eigenvalue weighted by Crippen LogP contribution is 2.60. The molecule has 0 saturated carbocycles. The first-order chi connectivity index (χ1) is 41.7. The molecule has 2 bridgehead atoms. The smallest absolute Gasteiger partial charge is 0.179 e. The van der Waals surface area contributed by atoms with E-state index in [4.69, 9.17) is 0 Å². The van der Waals surface area contributed by atoms with Crippen LogP contribution < -0.4 is 41.5 Å². The molecule has 0 aliphatic heterocycles. The minimum atomic E-state index is -2.73. The molecular weight excluding hydrogens is 1050 g/mol. The molecule has 13 aromatic carbocycles. The van der Waals surface area contributed by atoms with Crippen LogP contribution in [0, 0.1) is 0 Å². The van der Waals surface area contributed by atoms with Crippen molar-refractivity contribution in [2.75, 3.05) is 0 Å². The maximum Gasteiger partial charge on any atom is 0.179 e. The van der Waals surface area contributed by atoms with Gasteiger partial charge in [0.05, 0.1) is 22.1 Å². The van der Waals surface area contributed by atoms with Crippen LogP contribution in [0.3, 0.4) is 0 Å². The average molecular weight is 1100 g/mol. The maximum atomic E-state index is 2.54. The Balaban J connectivity index is 0.857. The van der Waals surface area contributed by atoms with E-state index in [0.29, 0.717) is 0 Å². The van der Waals surface area contributed by atoms with E-state index >= 15 is 0 Å². The molecular formula is C80H56N2Si2. The van der Waals surface area contributed by atoms with Crippen molar-refractivity contribution in [1.29, 1.82) is 0 Å². The number of para-hydroxylation sites is 2. The summed E-state index contributed by atoms with van der Waals surface area (Å²) in [7, 11) is -5.46. The van der Waals surface area contributed by atoms with E-state index in [1.807, 2.05) is 0 Å². The molecule has 394 valence electrons. The van der Waals surface area contributed by atoms with Crippen molar-refractivity contribution < 1.29 is 0 Å². The first-order valence-corrected chi connectivity index (χ1v) is 33.5. The third-order valence-electron chi connectivity index (χ3n) is 19.0. The molecule has 2 aromatic heterocycles. The summed E-state index contributed by atoms with van der Waals surface area (Å²) < 4.78 is 5.09. The number of fused-ring (bicyclic) bond motifs is 6. The Hall–Kier alpha value is -10.1. The zero-order valence-corrected chi connectivity index (χ0v) is 48.2. The van der Waals surface area contributed by atoms with Gasteiger partial charge < -0.3 is 9.13 Å². The second kappa shape index (κ2) is 19.3. The van der Waals surface area contributed by atoms with Crippen LogP contribution in [0.15, 0.2) is 328 Å². The van der Waals surface area contributed by atoms with Gasteiger partial charge in [0.2, 0.25) is 0 Å². The van der Waals surface area contributed by atoms with Crippen molar-refractivity contribution in [2.45, 2.75) is 11.8 Å². The molecule has 2 nitrogen and oxygen atoms in total. The Kier molecular flexibility index (Phi) is 11.1. The number of rotatable bonds is 10. The summed E-state index contributed by atoms with van der Waals surface area (Å²) in [5.74, 6) is 0.0993. The largest absolute Gasteiger partial charge is 0.309 e. The van der Waals surface area contributed by atoms with Crippen LogP contribution in [0.25, 0.3) is 55.0 Å². The van der Waals surface area contributed by atoms with Crippen molar-refractivity contribution in [3.63, 3.8) is 0 Å². The topological polar surface area (TPSA) is 9.86 Å². The Morgan fingerprint density at radius 3 is 0.810 bits per heavy atom. The van der Waals surface area contributed by atoms with Gasteiger partial charge in [-0.25, -0.2) is 0 Å². The summed E-state index contributed by atoms with van der Waals surface area (Å²) in [6.07, 6.45) is 0. The summed E-state index contributed by atoms with van der Waals surface area (Å²) in [5.41, 5.74) is 15.8. The van der Waals surface area contributed by atoms with Gasteiger partial charge in [-0.05, 0) is 123 Å². The minimum absolute atomic E-state index is 0.00957. The first-order valence-electron chi connectivity index (χ1n) is 29.5. The Morgan fingerprint density at radius 2 is 0.476 bits per heavy atom. The van der Waals surface area contributed by atoms with Crippen LogP contribution in [0.2, 0.25) is 0 Å². The third-order valence-corrected chi connectivity index (χ3v) is 28.6. The standard InChI is InChI=1S/C80H56N2Si2/c1-7-25-57(26-8-1)83(58-27-9-2-10-28-58,59-29-11-3-12-30-59)63-47-43-55(44-48-63)81-71-41-23-21-39-67(71)76-73(81)53-51-69-75-65-37-19-20-38-66(65)78(79(69)76)80-70(75)52-54-74-77(80)68-40-22-24-42-72(68)82(74)56-45-49-64(50-46-56)84(60-31-13-4-14-32-60,61-33-15-5-16-34-61)62-35-17-6-18-36-62/h1-54,75,78H. The summed E-state index contributed by atoms with van der Waals surface area (Å²) in [5, 5.41) is 16.2. The summed E-state index contributed by atoms with van der Waals surface area (Å²) in [4.78, 5) is 0. The molecule has 3 aliphatic carbocycles. The highest BCUT2D eigenvalue weighted by atomic mass is 28.3. The zero-order chi connectivity index (χ0) is 55.3. The van der Waals surface area contributed by atoms with Gasteiger partial charge >= 0.3 is 0 Å². The second-order valence-corrected chi connectivity index (χ2v) is 30.5. The molecule has 15 aromatic rings. The fraction of sp³-hybridized carbons (Fsp3) is 0.0250. The predicted octanol–water partition coefficient (Wildman–Crippen LogP) is 13.6. The van der Waals surface area contributed by atoms with E-state index in [-0.39, 0.29) is 11.8 Å². The van der Waals surface area contributed by atoms with Crippen LogP contribution in [-0.4, -0.2) is 25.3 Å². The van der Waals surface area contributed by atoms with E-state index < -0.39 is 16.1 Å². The Bertz CT molecular complexity index is 4490. The lowest BCUT2D eigenvalue weighted by Gasteiger charge is -2.43. The summed E-state index contributed by atoms with van der Waals surface area (Å²) >= 11 is 0. The van der Waals surface area contributed by atoms with Crippen molar-refractivity contribution in [3.05, 3.63) is 361 Å². The fourth-order valence-corrected chi connectivity index (χ4v) is 25.2. The fourth-order valence-electron chi connectivity index (χ4n) is 15.7. The van der Waals surface area contributed by atoms with Crippen molar-refractivity contribution in [1.82, 2.24) is 9.13 Å². The van der Waals surface area contributed by atoms with Crippen LogP contribution in [0.1, 0.15) is 45.2 Å². The van der Waals surface area contributed by atoms with Crippen molar-refractivity contribution in [2.24, 2.45) is 0 Å². The number of aromatic nitrogens is 2. The number of nitrogens with zero attached hydrogens (tertiary/aromatic N) is 2. The highest BCUT2D eigenvalue weighted by molar-refractivity contribution is 7.20. The zero-order valence-electron chi connectivity index (χ0n) is 46.2. The molecule has 0 unspecified atom stereocenters. The molecule has 0 saturated heterocycles. The molecule has 0 amide bonds. The van der Waals surface area contributed by atoms with E-state index in [0.717, 1.165) is 11.4 Å². The third kappa shape index (κ3) is 6.90. The lowest BCUT2D eigenvalue weighted by Crippen LogP contribution is -2.74. The van der Waals surface area contributed by atoms with Gasteiger partial charge in [0.1, 0.15) is 0 Å². The molecule has 0 fully saturated rings. The lowest BCUT2D eigenvalue weighted by atomic mass is 9.59. The molecule has 2 heterocycles. The van der Waals surface area contributed by atoms with E-state index in [2.05, 4.69) is 337 Å².